The number of anilines is 2. The summed E-state index contributed by atoms with van der Waals surface area (Å²) in [4.78, 5) is 28.9. The molecule has 0 saturated heterocycles. The van der Waals surface area contributed by atoms with Crippen molar-refractivity contribution in [3.8, 4) is 5.75 Å². The van der Waals surface area contributed by atoms with Crippen LogP contribution in [0, 0.1) is 6.92 Å². The number of halogens is 3. The van der Waals surface area contributed by atoms with Crippen LogP contribution in [0.2, 0.25) is 0 Å². The lowest BCUT2D eigenvalue weighted by Gasteiger charge is -2.15. The molecule has 0 saturated carbocycles. The highest BCUT2D eigenvalue weighted by Gasteiger charge is 2.33. The maximum atomic E-state index is 13.1. The third-order valence-electron chi connectivity index (χ3n) is 4.93. The molecule has 0 bridgehead atoms. The largest absolute Gasteiger partial charge is 0.487 e. The van der Waals surface area contributed by atoms with E-state index in [0.29, 0.717) is 22.8 Å². The summed E-state index contributed by atoms with van der Waals surface area (Å²) in [6.45, 7) is 1.80. The number of aryl methyl sites for hydroxylation is 1. The van der Waals surface area contributed by atoms with Crippen molar-refractivity contribution in [2.24, 2.45) is 0 Å². The number of rotatable bonds is 5. The number of alkyl halides is 3. The van der Waals surface area contributed by atoms with Crippen LogP contribution in [0.25, 0.3) is 5.65 Å². The van der Waals surface area contributed by atoms with E-state index in [4.69, 9.17) is 4.74 Å². The molecule has 2 aromatic carbocycles. The zero-order valence-corrected chi connectivity index (χ0v) is 17.9. The molecule has 0 aliphatic heterocycles. The zero-order valence-electron chi connectivity index (χ0n) is 17.9. The first-order valence-electron chi connectivity index (χ1n) is 10.2. The van der Waals surface area contributed by atoms with Crippen molar-refractivity contribution in [2.45, 2.75) is 19.7 Å². The number of pyridine rings is 1. The van der Waals surface area contributed by atoms with E-state index in [-0.39, 0.29) is 17.9 Å². The highest BCUT2D eigenvalue weighted by atomic mass is 19.4. The number of carbonyl (C=O) groups is 1. The van der Waals surface area contributed by atoms with Crippen LogP contribution < -0.4 is 20.9 Å². The topological polar surface area (TPSA) is 84.7 Å². The smallest absolute Gasteiger partial charge is 0.418 e. The first-order valence-corrected chi connectivity index (χ1v) is 10.2. The van der Waals surface area contributed by atoms with E-state index < -0.39 is 17.8 Å². The van der Waals surface area contributed by atoms with Crippen LogP contribution in [-0.2, 0) is 12.8 Å². The second-order valence-electron chi connectivity index (χ2n) is 7.41. The fourth-order valence-electron chi connectivity index (χ4n) is 3.29. The van der Waals surface area contributed by atoms with Gasteiger partial charge in [-0.1, -0.05) is 24.3 Å². The van der Waals surface area contributed by atoms with Gasteiger partial charge in [-0.25, -0.2) is 9.78 Å². The van der Waals surface area contributed by atoms with Crippen LogP contribution in [0.1, 0.15) is 16.8 Å². The molecule has 2 aromatic heterocycles. The summed E-state index contributed by atoms with van der Waals surface area (Å²) >= 11 is 0. The maximum Gasteiger partial charge on any atom is 0.418 e. The van der Waals surface area contributed by atoms with E-state index in [1.165, 1.54) is 28.7 Å². The SMILES string of the molecule is Cc1ccc(NC(=O)Nc2ccccc2C(F)(F)F)cc1OCc1cc(=O)n2ccccc2n1. The predicted octanol–water partition coefficient (Wildman–Crippen LogP) is 5.24. The van der Waals surface area contributed by atoms with Crippen LogP contribution >= 0.6 is 0 Å². The van der Waals surface area contributed by atoms with Crippen molar-refractivity contribution < 1.29 is 22.7 Å². The maximum absolute atomic E-state index is 13.1. The molecule has 0 unspecified atom stereocenters. The van der Waals surface area contributed by atoms with Gasteiger partial charge in [-0.15, -0.1) is 0 Å². The van der Waals surface area contributed by atoms with E-state index in [2.05, 4.69) is 15.6 Å². The molecule has 10 heteroatoms. The molecular formula is C24H19F3N4O3. The minimum absolute atomic E-state index is 0.0100. The van der Waals surface area contributed by atoms with Gasteiger partial charge in [0.25, 0.3) is 5.56 Å². The third kappa shape index (κ3) is 5.17. The van der Waals surface area contributed by atoms with Gasteiger partial charge in [-0.2, -0.15) is 13.2 Å². The van der Waals surface area contributed by atoms with Gasteiger partial charge in [0.2, 0.25) is 0 Å². The number of hydrogen-bond acceptors (Lipinski definition) is 4. The third-order valence-corrected chi connectivity index (χ3v) is 4.93. The highest BCUT2D eigenvalue weighted by Crippen LogP contribution is 2.34. The molecule has 4 aromatic rings. The molecule has 4 rings (SSSR count). The number of nitrogens with one attached hydrogen (secondary N) is 2. The van der Waals surface area contributed by atoms with Crippen LogP contribution in [0.3, 0.4) is 0 Å². The Morgan fingerprint density at radius 2 is 1.79 bits per heavy atom. The summed E-state index contributed by atoms with van der Waals surface area (Å²) in [6.07, 6.45) is -2.99. The van der Waals surface area contributed by atoms with E-state index in [1.54, 1.807) is 49.5 Å². The van der Waals surface area contributed by atoms with Gasteiger partial charge in [-0.05, 0) is 42.8 Å². The van der Waals surface area contributed by atoms with E-state index in [9.17, 15) is 22.8 Å². The van der Waals surface area contributed by atoms with Crippen molar-refractivity contribution in [2.75, 3.05) is 10.6 Å². The second-order valence-corrected chi connectivity index (χ2v) is 7.41. The van der Waals surface area contributed by atoms with E-state index in [1.807, 2.05) is 0 Å². The minimum Gasteiger partial charge on any atom is -0.487 e. The van der Waals surface area contributed by atoms with Crippen molar-refractivity contribution in [3.05, 3.63) is 100 Å². The summed E-state index contributed by atoms with van der Waals surface area (Å²) in [7, 11) is 0. The second kappa shape index (κ2) is 9.26. The van der Waals surface area contributed by atoms with E-state index >= 15 is 0 Å². The van der Waals surface area contributed by atoms with Gasteiger partial charge in [0.1, 0.15) is 18.0 Å². The summed E-state index contributed by atoms with van der Waals surface area (Å²) in [6, 6.07) is 15.3. The lowest BCUT2D eigenvalue weighted by Crippen LogP contribution is -2.21. The van der Waals surface area contributed by atoms with Crippen LogP contribution in [0.15, 0.2) is 77.7 Å². The highest BCUT2D eigenvalue weighted by molar-refractivity contribution is 6.00. The molecule has 2 heterocycles. The summed E-state index contributed by atoms with van der Waals surface area (Å²) in [5.74, 6) is 0.420. The summed E-state index contributed by atoms with van der Waals surface area (Å²) < 4.78 is 46.6. The van der Waals surface area contributed by atoms with Gasteiger partial charge < -0.3 is 15.4 Å². The standard InChI is InChI=1S/C24H19F3N4O3/c1-15-9-10-16(29-23(33)30-19-7-3-2-6-18(19)24(25,26)27)12-20(15)34-14-17-13-22(32)31-11-5-4-8-21(31)28-17/h2-13H,14H2,1H3,(H2,29,30,33). The lowest BCUT2D eigenvalue weighted by molar-refractivity contribution is -0.136. The number of carbonyl (C=O) groups excluding carboxylic acids is 1. The van der Waals surface area contributed by atoms with Gasteiger partial charge in [0, 0.05) is 24.0 Å². The van der Waals surface area contributed by atoms with Crippen molar-refractivity contribution in [1.82, 2.24) is 9.38 Å². The number of para-hydroxylation sites is 1. The number of benzene rings is 2. The molecule has 0 fully saturated rings. The molecule has 0 aliphatic carbocycles. The number of urea groups is 1. The first kappa shape index (κ1) is 22.8. The fraction of sp³-hybridized carbons (Fsp3) is 0.125. The molecule has 34 heavy (non-hydrogen) atoms. The Kier molecular flexibility index (Phi) is 6.22. The van der Waals surface area contributed by atoms with Gasteiger partial charge in [0.05, 0.1) is 16.9 Å². The quantitative estimate of drug-likeness (QED) is 0.419. The Bertz CT molecular complexity index is 1420. The molecule has 2 N–H and O–H groups in total. The summed E-state index contributed by atoms with van der Waals surface area (Å²) in [5, 5.41) is 4.72. The number of hydrogen-bond donors (Lipinski definition) is 2. The number of ether oxygens (including phenoxy) is 1. The summed E-state index contributed by atoms with van der Waals surface area (Å²) in [5.41, 5.74) is 0.431. The number of nitrogens with zero attached hydrogens (tertiary/aromatic N) is 2. The average molecular weight is 468 g/mol. The normalized spacial score (nSPS) is 11.3. The van der Waals surface area contributed by atoms with Gasteiger partial charge in [0.15, 0.2) is 0 Å². The molecule has 0 atom stereocenters. The number of aromatic nitrogens is 2. The Morgan fingerprint density at radius 3 is 2.59 bits per heavy atom. The molecule has 174 valence electrons. The molecular weight excluding hydrogens is 449 g/mol. The average Bonchev–Trinajstić information content (AvgIpc) is 2.79. The Balaban J connectivity index is 1.47. The number of amides is 2. The molecule has 0 radical (unpaired) electrons. The molecule has 2 amide bonds. The molecule has 7 nitrogen and oxygen atoms in total. The lowest BCUT2D eigenvalue weighted by atomic mass is 10.1. The van der Waals surface area contributed by atoms with Crippen molar-refractivity contribution in [1.29, 1.82) is 0 Å². The van der Waals surface area contributed by atoms with Crippen molar-refractivity contribution >= 4 is 23.1 Å². The van der Waals surface area contributed by atoms with Crippen LogP contribution in [-0.4, -0.2) is 15.4 Å². The Labute approximate surface area is 191 Å². The van der Waals surface area contributed by atoms with Gasteiger partial charge >= 0.3 is 12.2 Å². The van der Waals surface area contributed by atoms with Crippen LogP contribution in [0.4, 0.5) is 29.3 Å². The number of fused-ring (bicyclic) bond motifs is 1. The van der Waals surface area contributed by atoms with Gasteiger partial charge in [-0.3, -0.25) is 9.20 Å². The minimum atomic E-state index is -4.60. The van der Waals surface area contributed by atoms with E-state index in [0.717, 1.165) is 11.6 Å². The zero-order chi connectivity index (χ0) is 24.3. The molecule has 0 aliphatic rings. The van der Waals surface area contributed by atoms with Crippen LogP contribution in [0.5, 0.6) is 5.75 Å². The Hall–Kier alpha value is -4.34. The fourth-order valence-corrected chi connectivity index (χ4v) is 3.29. The monoisotopic (exact) mass is 468 g/mol. The van der Waals surface area contributed by atoms with Crippen molar-refractivity contribution in [3.63, 3.8) is 0 Å². The predicted molar refractivity (Wildman–Crippen MR) is 121 cm³/mol. The molecule has 0 spiro atoms. The Morgan fingerprint density at radius 1 is 1.03 bits per heavy atom. The first-order chi connectivity index (χ1) is 16.2.